The van der Waals surface area contributed by atoms with E-state index in [9.17, 15) is 15.3 Å². The topological polar surface area (TPSA) is 88.4 Å². The smallest absolute Gasteiger partial charge is 0.171 e. The zero-order valence-electron chi connectivity index (χ0n) is 20.4. The molecular weight excluding hydrogens is 520 g/mol. The quantitative estimate of drug-likeness (QED) is 0.510. The molecule has 2 aliphatic heterocycles. The van der Waals surface area contributed by atoms with Crippen molar-refractivity contribution < 1.29 is 29.5 Å². The Kier molecular flexibility index (Phi) is 6.76. The van der Waals surface area contributed by atoms with Crippen molar-refractivity contribution in [3.63, 3.8) is 0 Å². The van der Waals surface area contributed by atoms with Gasteiger partial charge in [-0.2, -0.15) is 0 Å². The largest absolute Gasteiger partial charge is 0.387 e. The van der Waals surface area contributed by atoms with Gasteiger partial charge in [0.25, 0.3) is 0 Å². The number of aliphatic hydroxyl groups is 3. The summed E-state index contributed by atoms with van der Waals surface area (Å²) in [6.07, 6.45) is 1.28. The summed E-state index contributed by atoms with van der Waals surface area (Å²) in [5, 5.41) is 31.8. The van der Waals surface area contributed by atoms with Crippen LogP contribution in [-0.4, -0.2) is 64.3 Å². The Bertz CT molecular complexity index is 1110. The number of halogens is 1. The minimum absolute atomic E-state index is 0.212. The molecule has 0 radical (unpaired) electrons. The first-order valence-corrected chi connectivity index (χ1v) is 15.1. The van der Waals surface area contributed by atoms with Crippen LogP contribution in [0.1, 0.15) is 53.2 Å². The molecule has 1 aromatic carbocycles. The Morgan fingerprint density at radius 3 is 2.53 bits per heavy atom. The minimum Gasteiger partial charge on any atom is -0.387 e. The molecule has 8 atom stereocenters. The predicted octanol–water partition coefficient (Wildman–Crippen LogP) is 4.27. The Morgan fingerprint density at radius 2 is 1.83 bits per heavy atom. The van der Waals surface area contributed by atoms with Gasteiger partial charge < -0.3 is 29.5 Å². The number of rotatable bonds is 5. The van der Waals surface area contributed by atoms with E-state index in [1.54, 1.807) is 0 Å². The zero-order valence-corrected chi connectivity index (χ0v) is 22.8. The maximum absolute atomic E-state index is 10.6. The summed E-state index contributed by atoms with van der Waals surface area (Å²) in [7, 11) is 0. The zero-order chi connectivity index (χ0) is 25.2. The predicted molar refractivity (Wildman–Crippen MR) is 141 cm³/mol. The van der Waals surface area contributed by atoms with E-state index in [1.165, 1.54) is 21.5 Å². The van der Waals surface area contributed by atoms with E-state index in [1.807, 2.05) is 35.8 Å². The number of benzene rings is 1. The van der Waals surface area contributed by atoms with Crippen LogP contribution in [-0.2, 0) is 26.0 Å². The van der Waals surface area contributed by atoms with Crippen LogP contribution in [0.4, 0.5) is 0 Å². The molecule has 9 heteroatoms. The van der Waals surface area contributed by atoms with E-state index in [2.05, 4.69) is 19.1 Å². The number of aliphatic hydroxyl groups excluding tert-OH is 3. The molecule has 36 heavy (non-hydrogen) atoms. The molecule has 6 nitrogen and oxygen atoms in total. The summed E-state index contributed by atoms with van der Waals surface area (Å²) in [5.41, 5.74) is 1.29. The first-order valence-electron chi connectivity index (χ1n) is 12.7. The molecule has 3 saturated carbocycles. The maximum Gasteiger partial charge on any atom is 0.171 e. The average molecular weight is 553 g/mol. The van der Waals surface area contributed by atoms with E-state index in [-0.39, 0.29) is 11.2 Å². The average Bonchev–Trinajstić information content (AvgIpc) is 3.54. The lowest BCUT2D eigenvalue weighted by Crippen LogP contribution is -2.64. The van der Waals surface area contributed by atoms with Crippen LogP contribution in [0.15, 0.2) is 30.3 Å². The van der Waals surface area contributed by atoms with Crippen LogP contribution in [0.5, 0.6) is 0 Å². The van der Waals surface area contributed by atoms with Gasteiger partial charge >= 0.3 is 0 Å². The first kappa shape index (κ1) is 25.6. The van der Waals surface area contributed by atoms with Crippen molar-refractivity contribution in [3.05, 3.63) is 56.2 Å². The normalized spacial score (nSPS) is 39.3. The van der Waals surface area contributed by atoms with Gasteiger partial charge in [0.2, 0.25) is 0 Å². The SMILES string of the molecule is CS[C@H]1O[C@@H](c2ccc(Cl)c(Cc3ccc([C@@]45CCC6(OCCO6)C(C4)[C@@H]5C)s3)c2)[C@H](O)[C@@H](O)[C@@H]1O. The highest BCUT2D eigenvalue weighted by Crippen LogP contribution is 2.66. The number of hydrogen-bond donors (Lipinski definition) is 3. The van der Waals surface area contributed by atoms with E-state index >= 15 is 0 Å². The number of fused-ring (bicyclic) bond motifs is 1. The number of hydrogen-bond acceptors (Lipinski definition) is 8. The maximum atomic E-state index is 10.6. The summed E-state index contributed by atoms with van der Waals surface area (Å²) in [5.74, 6) is 0.644. The fraction of sp³-hybridized carbons (Fsp3) is 0.630. The van der Waals surface area contributed by atoms with Crippen LogP contribution in [0.25, 0.3) is 0 Å². The van der Waals surface area contributed by atoms with Crippen molar-refractivity contribution in [3.8, 4) is 0 Å². The molecule has 196 valence electrons. The third-order valence-corrected chi connectivity index (χ3v) is 11.6. The Labute approximate surface area is 224 Å². The van der Waals surface area contributed by atoms with Gasteiger partial charge in [-0.15, -0.1) is 23.1 Å². The summed E-state index contributed by atoms with van der Waals surface area (Å²) in [6, 6.07) is 10.1. The molecule has 1 spiro atoms. The fourth-order valence-corrected chi connectivity index (χ4v) is 9.07. The van der Waals surface area contributed by atoms with Crippen molar-refractivity contribution in [1.82, 2.24) is 0 Å². The third-order valence-electron chi connectivity index (χ3n) is 9.04. The van der Waals surface area contributed by atoms with Crippen LogP contribution < -0.4 is 0 Å². The van der Waals surface area contributed by atoms with Gasteiger partial charge in [0.1, 0.15) is 29.9 Å². The van der Waals surface area contributed by atoms with Crippen molar-refractivity contribution in [2.45, 2.75) is 73.7 Å². The molecule has 3 aliphatic carbocycles. The van der Waals surface area contributed by atoms with Gasteiger partial charge in [0, 0.05) is 39.0 Å². The van der Waals surface area contributed by atoms with Crippen LogP contribution in [0.2, 0.25) is 5.02 Å². The van der Waals surface area contributed by atoms with Gasteiger partial charge in [-0.1, -0.05) is 30.7 Å². The molecule has 3 N–H and O–H groups in total. The van der Waals surface area contributed by atoms with Crippen molar-refractivity contribution >= 4 is 34.7 Å². The minimum atomic E-state index is -1.28. The van der Waals surface area contributed by atoms with Gasteiger partial charge in [0.05, 0.1) is 13.2 Å². The second kappa shape index (κ2) is 9.50. The number of ether oxygens (including phenoxy) is 3. The third kappa shape index (κ3) is 3.91. The van der Waals surface area contributed by atoms with E-state index in [0.29, 0.717) is 36.5 Å². The number of thioether (sulfide) groups is 1. The van der Waals surface area contributed by atoms with Crippen molar-refractivity contribution in [1.29, 1.82) is 0 Å². The summed E-state index contributed by atoms with van der Waals surface area (Å²) in [4.78, 5) is 2.68. The highest BCUT2D eigenvalue weighted by Gasteiger charge is 2.66. The molecular formula is C27H33ClO6S2. The first-order chi connectivity index (χ1) is 17.3. The molecule has 5 aliphatic rings. The van der Waals surface area contributed by atoms with Crippen molar-refractivity contribution in [2.75, 3.05) is 19.5 Å². The Balaban J connectivity index is 1.20. The second-order valence-corrected chi connectivity index (χ2v) is 13.2. The fourth-order valence-electron chi connectivity index (χ4n) is 6.86. The molecule has 1 aromatic heterocycles. The Hall–Kier alpha value is -0.680. The van der Waals surface area contributed by atoms with Gasteiger partial charge in [-0.3, -0.25) is 0 Å². The Morgan fingerprint density at radius 1 is 1.06 bits per heavy atom. The van der Waals surface area contributed by atoms with E-state index in [0.717, 1.165) is 30.4 Å². The summed E-state index contributed by atoms with van der Waals surface area (Å²) < 4.78 is 18.1. The van der Waals surface area contributed by atoms with Crippen LogP contribution >= 0.6 is 34.7 Å². The van der Waals surface area contributed by atoms with Crippen LogP contribution in [0.3, 0.4) is 0 Å². The molecule has 1 unspecified atom stereocenters. The molecule has 7 rings (SSSR count). The molecule has 5 fully saturated rings. The van der Waals surface area contributed by atoms with Gasteiger partial charge in [0.15, 0.2) is 5.79 Å². The highest BCUT2D eigenvalue weighted by atomic mass is 35.5. The van der Waals surface area contributed by atoms with E-state index in [4.69, 9.17) is 25.8 Å². The molecule has 2 saturated heterocycles. The molecule has 2 bridgehead atoms. The monoisotopic (exact) mass is 552 g/mol. The molecule has 0 amide bonds. The lowest BCUT2D eigenvalue weighted by atomic mass is 9.45. The standard InChI is InChI=1S/C27H33ClO6S2/c1-14-18-13-26(14,7-8-27(18)32-9-10-33-27)20-6-4-17(36-20)12-16-11-15(3-5-19(16)28)24-22(30)21(29)23(31)25(34-24)35-2/h3-6,11,14,18,21-25,29-31H,7-10,12-13H2,1-2H3/t14-,18?,21+,22+,23-,24-,25+,26-/m0/s1. The van der Waals surface area contributed by atoms with E-state index < -0.39 is 29.9 Å². The summed E-state index contributed by atoms with van der Waals surface area (Å²) in [6.45, 7) is 3.77. The van der Waals surface area contributed by atoms with Gasteiger partial charge in [-0.05, 0) is 54.3 Å². The lowest BCUT2D eigenvalue weighted by Gasteiger charge is -2.63. The molecule has 2 aromatic rings. The molecule has 3 heterocycles. The lowest BCUT2D eigenvalue weighted by molar-refractivity contribution is -0.279. The van der Waals surface area contributed by atoms with Crippen LogP contribution in [0, 0.1) is 11.8 Å². The number of thiophene rings is 1. The van der Waals surface area contributed by atoms with Crippen molar-refractivity contribution in [2.24, 2.45) is 11.8 Å². The second-order valence-electron chi connectivity index (χ2n) is 10.7. The van der Waals surface area contributed by atoms with Gasteiger partial charge in [-0.25, -0.2) is 0 Å². The summed E-state index contributed by atoms with van der Waals surface area (Å²) >= 11 is 9.77. The highest BCUT2D eigenvalue weighted by molar-refractivity contribution is 7.99.